The number of hydrogen-bond acceptors (Lipinski definition) is 3. The molecule has 0 saturated carbocycles. The minimum absolute atomic E-state index is 0.233. The van der Waals surface area contributed by atoms with Crippen molar-refractivity contribution < 1.29 is 35.9 Å². The molecule has 0 aromatic heterocycles. The summed E-state index contributed by atoms with van der Waals surface area (Å²) in [6.07, 6.45) is -5.75. The third kappa shape index (κ3) is 4.25. The van der Waals surface area contributed by atoms with Crippen molar-refractivity contribution in [2.75, 3.05) is 0 Å². The molecule has 2 unspecified atom stereocenters. The van der Waals surface area contributed by atoms with Gasteiger partial charge in [-0.3, -0.25) is 4.90 Å². The van der Waals surface area contributed by atoms with Crippen LogP contribution in [0.5, 0.6) is 0 Å². The molecule has 0 radical (unpaired) electrons. The van der Waals surface area contributed by atoms with Gasteiger partial charge in [0.2, 0.25) is 0 Å². The maximum absolute atomic E-state index is 13.3. The Bertz CT molecular complexity index is 970. The highest BCUT2D eigenvalue weighted by Gasteiger charge is 2.51. The molecule has 3 nitrogen and oxygen atoms in total. The van der Waals surface area contributed by atoms with Crippen molar-refractivity contribution in [3.05, 3.63) is 58.7 Å². The van der Waals surface area contributed by atoms with Crippen molar-refractivity contribution in [2.45, 2.75) is 62.0 Å². The molecule has 4 rings (SSSR count). The van der Waals surface area contributed by atoms with Crippen molar-refractivity contribution in [1.82, 2.24) is 4.90 Å². The fourth-order valence-corrected chi connectivity index (χ4v) is 5.28. The largest absolute Gasteiger partial charge is 0.439 e. The second kappa shape index (κ2) is 8.04. The van der Waals surface area contributed by atoms with Gasteiger partial charge in [-0.15, -0.1) is 0 Å². The van der Waals surface area contributed by atoms with Crippen LogP contribution in [0.25, 0.3) is 0 Å². The van der Waals surface area contributed by atoms with Crippen LogP contribution in [-0.4, -0.2) is 34.5 Å². The number of ether oxygens (including phenoxy) is 1. The zero-order chi connectivity index (χ0) is 23.4. The minimum atomic E-state index is -4.55. The summed E-state index contributed by atoms with van der Waals surface area (Å²) in [7, 11) is 0. The van der Waals surface area contributed by atoms with E-state index >= 15 is 0 Å². The first-order valence-electron chi connectivity index (χ1n) is 10.2. The van der Waals surface area contributed by atoms with Gasteiger partial charge in [0, 0.05) is 17.2 Å². The number of carbonyl (C=O) groups is 1. The lowest BCUT2D eigenvalue weighted by Crippen LogP contribution is -2.51. The van der Waals surface area contributed by atoms with Crippen LogP contribution in [0.15, 0.2) is 42.0 Å². The normalized spacial score (nSPS) is 30.8. The van der Waals surface area contributed by atoms with E-state index in [0.29, 0.717) is 24.8 Å². The van der Waals surface area contributed by atoms with Crippen molar-refractivity contribution in [1.29, 1.82) is 0 Å². The second-order valence-electron chi connectivity index (χ2n) is 8.45. The van der Waals surface area contributed by atoms with Gasteiger partial charge in [0.25, 0.3) is 0 Å². The fraction of sp³-hybridized carbons (Fsp3) is 0.500. The van der Waals surface area contributed by atoms with Gasteiger partial charge in [-0.25, -0.2) is 4.79 Å². The number of thiol groups is 1. The molecule has 3 aliphatic rings. The lowest BCUT2D eigenvalue weighted by atomic mass is 9.81. The summed E-state index contributed by atoms with van der Waals surface area (Å²) in [5.41, 5.74) is -1.02. The van der Waals surface area contributed by atoms with Crippen LogP contribution in [-0.2, 0) is 10.9 Å². The molecule has 32 heavy (non-hydrogen) atoms. The van der Waals surface area contributed by atoms with Crippen LogP contribution in [0, 0.1) is 12.8 Å². The van der Waals surface area contributed by atoms with E-state index in [1.165, 1.54) is 17.9 Å². The van der Waals surface area contributed by atoms with Crippen LogP contribution in [0.3, 0.4) is 0 Å². The predicted molar refractivity (Wildman–Crippen MR) is 108 cm³/mol. The van der Waals surface area contributed by atoms with Gasteiger partial charge in [-0.05, 0) is 43.9 Å². The minimum Gasteiger partial charge on any atom is -0.439 e. The molecule has 2 aliphatic heterocycles. The first-order chi connectivity index (χ1) is 14.9. The van der Waals surface area contributed by atoms with Gasteiger partial charge < -0.3 is 4.74 Å². The molecular formula is C22H21F6NO2S. The smallest absolute Gasteiger partial charge is 0.416 e. The summed E-state index contributed by atoms with van der Waals surface area (Å²) in [6, 6.07) is 2.39. The Morgan fingerprint density at radius 3 is 2.38 bits per heavy atom. The Balaban J connectivity index is 1.67. The summed E-state index contributed by atoms with van der Waals surface area (Å²) in [4.78, 5) is 14.2. The third-order valence-electron chi connectivity index (χ3n) is 6.27. The van der Waals surface area contributed by atoms with Crippen molar-refractivity contribution in [3.63, 3.8) is 0 Å². The van der Waals surface area contributed by atoms with Gasteiger partial charge in [-0.2, -0.15) is 39.0 Å². The van der Waals surface area contributed by atoms with Gasteiger partial charge >= 0.3 is 18.4 Å². The van der Waals surface area contributed by atoms with Gasteiger partial charge in [-0.1, -0.05) is 29.9 Å². The Morgan fingerprint density at radius 1 is 1.03 bits per heavy atom. The number of aryl methyl sites for hydroxylation is 1. The first kappa shape index (κ1) is 23.1. The molecule has 0 bridgehead atoms. The zero-order valence-corrected chi connectivity index (χ0v) is 17.8. The number of amides is 1. The van der Waals surface area contributed by atoms with Crippen molar-refractivity contribution >= 4 is 18.7 Å². The summed E-state index contributed by atoms with van der Waals surface area (Å²) in [5.74, 6) is -0.697. The van der Waals surface area contributed by atoms with E-state index in [2.05, 4.69) is 12.6 Å². The van der Waals surface area contributed by atoms with E-state index in [4.69, 9.17) is 4.74 Å². The number of piperidine rings is 1. The molecule has 5 atom stereocenters. The molecule has 1 aromatic carbocycles. The van der Waals surface area contributed by atoms with E-state index in [-0.39, 0.29) is 5.56 Å². The monoisotopic (exact) mass is 477 g/mol. The molecule has 174 valence electrons. The predicted octanol–water partition coefficient (Wildman–Crippen LogP) is 6.40. The topological polar surface area (TPSA) is 29.5 Å². The molecule has 0 N–H and O–H groups in total. The van der Waals surface area contributed by atoms with Crippen molar-refractivity contribution in [2.24, 2.45) is 5.92 Å². The van der Waals surface area contributed by atoms with Crippen LogP contribution in [0.1, 0.15) is 42.1 Å². The number of cyclic esters (lactones) is 1. The maximum Gasteiger partial charge on any atom is 0.416 e. The average molecular weight is 477 g/mol. The number of alkyl halides is 6. The molecule has 2 heterocycles. The molecule has 1 aliphatic carbocycles. The number of rotatable bonds is 2. The van der Waals surface area contributed by atoms with Gasteiger partial charge in [0.05, 0.1) is 17.2 Å². The van der Waals surface area contributed by atoms with Gasteiger partial charge in [0.15, 0.2) is 0 Å². The zero-order valence-electron chi connectivity index (χ0n) is 17.0. The first-order valence-corrected chi connectivity index (χ1v) is 10.7. The van der Waals surface area contributed by atoms with E-state index < -0.39 is 58.9 Å². The molecule has 2 saturated heterocycles. The highest BCUT2D eigenvalue weighted by Crippen LogP contribution is 2.46. The second-order valence-corrected chi connectivity index (χ2v) is 9.05. The quantitative estimate of drug-likeness (QED) is 0.395. The SMILES string of the molecule is Cc1cc([C@H]2OC(=O)N3[C@H](C4C=C(C(F)(F)F)C=CC4S)CCC[C@@H]23)cc(C(F)(F)F)c1. The third-order valence-corrected chi connectivity index (χ3v) is 6.79. The highest BCUT2D eigenvalue weighted by molar-refractivity contribution is 7.81. The van der Waals surface area contributed by atoms with Gasteiger partial charge in [0.1, 0.15) is 6.10 Å². The number of fused-ring (bicyclic) bond motifs is 1. The van der Waals surface area contributed by atoms with E-state index in [0.717, 1.165) is 24.3 Å². The Morgan fingerprint density at radius 2 is 1.72 bits per heavy atom. The number of hydrogen-bond donors (Lipinski definition) is 1. The maximum atomic E-state index is 13.3. The molecule has 2 fully saturated rings. The Labute approximate surface area is 186 Å². The summed E-state index contributed by atoms with van der Waals surface area (Å²) >= 11 is 4.41. The number of benzene rings is 1. The average Bonchev–Trinajstić information content (AvgIpc) is 3.03. The Kier molecular flexibility index (Phi) is 5.80. The van der Waals surface area contributed by atoms with E-state index in [9.17, 15) is 31.1 Å². The van der Waals surface area contributed by atoms with Crippen LogP contribution in [0.4, 0.5) is 31.1 Å². The molecular weight excluding hydrogens is 456 g/mol. The fourth-order valence-electron chi connectivity index (χ4n) is 4.90. The number of carbonyl (C=O) groups excluding carboxylic acids is 1. The van der Waals surface area contributed by atoms with Crippen LogP contribution < -0.4 is 0 Å². The Hall–Kier alpha value is -2.10. The molecule has 1 amide bonds. The highest BCUT2D eigenvalue weighted by atomic mass is 32.1. The van der Waals surface area contributed by atoms with Crippen molar-refractivity contribution in [3.8, 4) is 0 Å². The standard InChI is InChI=1S/C22H21F6NO2S/c1-11-7-12(9-14(8-11)22(26,27)28)19-17-4-2-3-16(29(17)20(30)31-19)15-10-13(21(23,24)25)5-6-18(15)32/h5-10,15-19,32H,2-4H2,1H3/t15?,16-,17-,18?,19+/m0/s1. The lowest BCUT2D eigenvalue weighted by molar-refractivity contribution is -0.137. The summed E-state index contributed by atoms with van der Waals surface area (Å²) < 4.78 is 85.2. The summed E-state index contributed by atoms with van der Waals surface area (Å²) in [5, 5.41) is -0.535. The number of halogens is 6. The van der Waals surface area contributed by atoms with Crippen LogP contribution in [0.2, 0.25) is 0 Å². The molecule has 1 aromatic rings. The lowest BCUT2D eigenvalue weighted by Gasteiger charge is -2.42. The van der Waals surface area contributed by atoms with E-state index in [1.54, 1.807) is 6.07 Å². The molecule has 0 spiro atoms. The number of nitrogens with zero attached hydrogens (tertiary/aromatic N) is 1. The van der Waals surface area contributed by atoms with Crippen LogP contribution >= 0.6 is 12.6 Å². The van der Waals surface area contributed by atoms with E-state index in [1.807, 2.05) is 0 Å². The summed E-state index contributed by atoms with van der Waals surface area (Å²) in [6.45, 7) is 1.53. The number of allylic oxidation sites excluding steroid dienone is 2. The molecule has 10 heteroatoms.